The molecule has 0 radical (unpaired) electrons. The largest absolute Gasteiger partial charge is 0.271 e. The van der Waals surface area contributed by atoms with Gasteiger partial charge in [0.25, 0.3) is 0 Å². The molecule has 0 spiro atoms. The van der Waals surface area contributed by atoms with Crippen molar-refractivity contribution in [3.8, 4) is 0 Å². The molecule has 0 aliphatic carbocycles. The molecule has 1 unspecified atom stereocenters. The Morgan fingerprint density at radius 1 is 0.850 bits per heavy atom. The molecule has 2 rings (SSSR count). The second-order valence-electron chi connectivity index (χ2n) is 5.60. The predicted octanol–water partition coefficient (Wildman–Crippen LogP) is 3.67. The van der Waals surface area contributed by atoms with E-state index in [9.17, 15) is 0 Å². The minimum Gasteiger partial charge on any atom is -0.271 e. The Morgan fingerprint density at radius 3 is 1.75 bits per heavy atom. The summed E-state index contributed by atoms with van der Waals surface area (Å²) in [5, 5.41) is 0. The minimum absolute atomic E-state index is 0.149. The molecule has 2 heteroatoms. The van der Waals surface area contributed by atoms with Gasteiger partial charge in [0.15, 0.2) is 0 Å². The number of hydrazine groups is 1. The molecule has 2 aromatic carbocycles. The molecule has 20 heavy (non-hydrogen) atoms. The number of nitrogens with one attached hydrogen (secondary N) is 1. The van der Waals surface area contributed by atoms with E-state index in [0.29, 0.717) is 0 Å². The molecular formula is C18H24N2. The van der Waals surface area contributed by atoms with Crippen LogP contribution in [-0.2, 0) is 6.42 Å². The molecule has 3 N–H and O–H groups in total. The fourth-order valence-corrected chi connectivity index (χ4v) is 3.00. The first-order chi connectivity index (χ1) is 9.54. The summed E-state index contributed by atoms with van der Waals surface area (Å²) in [6.45, 7) is 8.63. The van der Waals surface area contributed by atoms with Gasteiger partial charge in [0.2, 0.25) is 0 Å². The lowest BCUT2D eigenvalue weighted by Crippen LogP contribution is -2.31. The third-order valence-electron chi connectivity index (χ3n) is 4.14. The fraction of sp³-hybridized carbons (Fsp3) is 0.333. The smallest absolute Gasteiger partial charge is 0.0505 e. The minimum atomic E-state index is 0.149. The van der Waals surface area contributed by atoms with E-state index in [4.69, 9.17) is 5.84 Å². The molecule has 106 valence electrons. The predicted molar refractivity (Wildman–Crippen MR) is 85.6 cm³/mol. The molecule has 0 fully saturated rings. The van der Waals surface area contributed by atoms with Crippen molar-refractivity contribution in [2.75, 3.05) is 0 Å². The van der Waals surface area contributed by atoms with Gasteiger partial charge in [-0.3, -0.25) is 11.3 Å². The lowest BCUT2D eigenvalue weighted by Gasteiger charge is -2.22. The quantitative estimate of drug-likeness (QED) is 0.656. The van der Waals surface area contributed by atoms with E-state index in [1.807, 2.05) is 0 Å². The number of rotatable bonds is 4. The topological polar surface area (TPSA) is 38.0 Å². The van der Waals surface area contributed by atoms with E-state index in [2.05, 4.69) is 69.5 Å². The van der Waals surface area contributed by atoms with Gasteiger partial charge < -0.3 is 0 Å². The molecule has 2 nitrogen and oxygen atoms in total. The SMILES string of the molecule is Cc1cccc(C)c1CC(NN)c1c(C)cccc1C. The standard InChI is InChI=1S/C18H24N2/c1-12-7-5-8-13(2)16(12)11-17(20-19)18-14(3)9-6-10-15(18)4/h5-10,17,20H,11,19H2,1-4H3. The summed E-state index contributed by atoms with van der Waals surface area (Å²) in [6.07, 6.45) is 0.917. The van der Waals surface area contributed by atoms with Gasteiger partial charge in [-0.05, 0) is 67.5 Å². The molecule has 1 atom stereocenters. The van der Waals surface area contributed by atoms with Crippen LogP contribution in [0.25, 0.3) is 0 Å². The van der Waals surface area contributed by atoms with Gasteiger partial charge in [-0.1, -0.05) is 36.4 Å². The Kier molecular flexibility index (Phi) is 4.58. The zero-order chi connectivity index (χ0) is 14.7. The average molecular weight is 268 g/mol. The van der Waals surface area contributed by atoms with Crippen LogP contribution in [0, 0.1) is 27.7 Å². The van der Waals surface area contributed by atoms with Crippen molar-refractivity contribution in [2.45, 2.75) is 40.2 Å². The average Bonchev–Trinajstić information content (AvgIpc) is 2.40. The molecule has 0 amide bonds. The molecule has 0 aliphatic heterocycles. The molecule has 0 aromatic heterocycles. The lowest BCUT2D eigenvalue weighted by atomic mass is 9.89. The Balaban J connectivity index is 2.39. The summed E-state index contributed by atoms with van der Waals surface area (Å²) in [5.74, 6) is 5.84. The Morgan fingerprint density at radius 2 is 1.30 bits per heavy atom. The van der Waals surface area contributed by atoms with E-state index >= 15 is 0 Å². The normalized spacial score (nSPS) is 12.4. The third kappa shape index (κ3) is 2.92. The molecule has 0 saturated carbocycles. The van der Waals surface area contributed by atoms with Crippen molar-refractivity contribution in [3.05, 3.63) is 69.8 Å². The summed E-state index contributed by atoms with van der Waals surface area (Å²) in [6, 6.07) is 13.0. The third-order valence-corrected chi connectivity index (χ3v) is 4.14. The Labute approximate surface area is 122 Å². The summed E-state index contributed by atoms with van der Waals surface area (Å²) < 4.78 is 0. The molecule has 0 saturated heterocycles. The molecular weight excluding hydrogens is 244 g/mol. The molecule has 2 aromatic rings. The van der Waals surface area contributed by atoms with E-state index in [0.717, 1.165) is 6.42 Å². The first-order valence-corrected chi connectivity index (χ1v) is 7.12. The summed E-state index contributed by atoms with van der Waals surface area (Å²) >= 11 is 0. The van der Waals surface area contributed by atoms with Crippen LogP contribution in [0.4, 0.5) is 0 Å². The number of hydrogen-bond donors (Lipinski definition) is 2. The van der Waals surface area contributed by atoms with Gasteiger partial charge in [-0.15, -0.1) is 0 Å². The fourth-order valence-electron chi connectivity index (χ4n) is 3.00. The van der Waals surface area contributed by atoms with Crippen LogP contribution in [0.2, 0.25) is 0 Å². The Hall–Kier alpha value is -1.64. The van der Waals surface area contributed by atoms with Crippen molar-refractivity contribution in [2.24, 2.45) is 5.84 Å². The van der Waals surface area contributed by atoms with Gasteiger partial charge >= 0.3 is 0 Å². The van der Waals surface area contributed by atoms with Crippen LogP contribution < -0.4 is 11.3 Å². The van der Waals surface area contributed by atoms with Crippen molar-refractivity contribution >= 4 is 0 Å². The van der Waals surface area contributed by atoms with Crippen molar-refractivity contribution in [1.29, 1.82) is 0 Å². The number of benzene rings is 2. The van der Waals surface area contributed by atoms with E-state index < -0.39 is 0 Å². The second-order valence-corrected chi connectivity index (χ2v) is 5.60. The van der Waals surface area contributed by atoms with Gasteiger partial charge in [0, 0.05) is 0 Å². The van der Waals surface area contributed by atoms with E-state index in [-0.39, 0.29) is 6.04 Å². The molecule has 0 heterocycles. The number of nitrogens with two attached hydrogens (primary N) is 1. The highest BCUT2D eigenvalue weighted by Crippen LogP contribution is 2.27. The van der Waals surface area contributed by atoms with E-state index in [1.54, 1.807) is 0 Å². The van der Waals surface area contributed by atoms with Crippen molar-refractivity contribution in [1.82, 2.24) is 5.43 Å². The van der Waals surface area contributed by atoms with Gasteiger partial charge in [0.1, 0.15) is 0 Å². The van der Waals surface area contributed by atoms with Gasteiger partial charge in [-0.25, -0.2) is 0 Å². The van der Waals surface area contributed by atoms with Crippen LogP contribution in [0.5, 0.6) is 0 Å². The summed E-state index contributed by atoms with van der Waals surface area (Å²) in [4.78, 5) is 0. The maximum absolute atomic E-state index is 5.84. The summed E-state index contributed by atoms with van der Waals surface area (Å²) in [5.41, 5.74) is 10.9. The monoisotopic (exact) mass is 268 g/mol. The lowest BCUT2D eigenvalue weighted by molar-refractivity contribution is 0.544. The Bertz CT molecular complexity index is 562. The van der Waals surface area contributed by atoms with Crippen molar-refractivity contribution < 1.29 is 0 Å². The number of aryl methyl sites for hydroxylation is 4. The van der Waals surface area contributed by atoms with Gasteiger partial charge in [0.05, 0.1) is 6.04 Å². The number of hydrogen-bond acceptors (Lipinski definition) is 2. The van der Waals surface area contributed by atoms with Crippen LogP contribution >= 0.6 is 0 Å². The molecule has 0 aliphatic rings. The summed E-state index contributed by atoms with van der Waals surface area (Å²) in [7, 11) is 0. The van der Waals surface area contributed by atoms with Crippen LogP contribution in [0.3, 0.4) is 0 Å². The molecule has 0 bridgehead atoms. The maximum atomic E-state index is 5.84. The second kappa shape index (κ2) is 6.21. The first-order valence-electron chi connectivity index (χ1n) is 7.12. The van der Waals surface area contributed by atoms with Crippen LogP contribution in [-0.4, -0.2) is 0 Å². The highest BCUT2D eigenvalue weighted by Gasteiger charge is 2.17. The maximum Gasteiger partial charge on any atom is 0.0505 e. The van der Waals surface area contributed by atoms with Crippen LogP contribution in [0.15, 0.2) is 36.4 Å². The highest BCUT2D eigenvalue weighted by atomic mass is 15.2. The highest BCUT2D eigenvalue weighted by molar-refractivity contribution is 5.40. The zero-order valence-corrected chi connectivity index (χ0v) is 12.8. The zero-order valence-electron chi connectivity index (χ0n) is 12.8. The van der Waals surface area contributed by atoms with Crippen molar-refractivity contribution in [3.63, 3.8) is 0 Å². The van der Waals surface area contributed by atoms with E-state index in [1.165, 1.54) is 33.4 Å². The van der Waals surface area contributed by atoms with Gasteiger partial charge in [-0.2, -0.15) is 0 Å². The van der Waals surface area contributed by atoms with Crippen LogP contribution in [0.1, 0.15) is 39.4 Å². The first kappa shape index (κ1) is 14.8.